The van der Waals surface area contributed by atoms with Crippen molar-refractivity contribution in [2.75, 3.05) is 14.2 Å². The Labute approximate surface area is 219 Å². The van der Waals surface area contributed by atoms with E-state index < -0.39 is 0 Å². The van der Waals surface area contributed by atoms with E-state index in [0.717, 1.165) is 40.8 Å². The molecule has 6 rings (SSSR count). The molecule has 4 aromatic rings. The van der Waals surface area contributed by atoms with Crippen LogP contribution in [-0.2, 0) is 6.42 Å². The van der Waals surface area contributed by atoms with Gasteiger partial charge in [-0.2, -0.15) is 0 Å². The van der Waals surface area contributed by atoms with E-state index in [4.69, 9.17) is 14.5 Å². The van der Waals surface area contributed by atoms with Crippen LogP contribution in [0.4, 0.5) is 0 Å². The topological polar surface area (TPSA) is 52.8 Å². The van der Waals surface area contributed by atoms with Gasteiger partial charge >= 0.3 is 0 Å². The molecule has 2 aliphatic rings. The van der Waals surface area contributed by atoms with E-state index in [9.17, 15) is 4.79 Å². The number of hydrogen-bond donors (Lipinski definition) is 0. The highest BCUT2D eigenvalue weighted by Crippen LogP contribution is 2.42. The molecular weight excluding hydrogens is 480 g/mol. The summed E-state index contributed by atoms with van der Waals surface area (Å²) in [6.45, 7) is 0. The van der Waals surface area contributed by atoms with Crippen molar-refractivity contribution in [3.05, 3.63) is 126 Å². The predicted octanol–water partition coefficient (Wildman–Crippen LogP) is 5.00. The Bertz CT molecular complexity index is 1730. The Morgan fingerprint density at radius 1 is 0.946 bits per heavy atom. The highest BCUT2D eigenvalue weighted by molar-refractivity contribution is 7.07. The fourth-order valence-electron chi connectivity index (χ4n) is 5.17. The summed E-state index contributed by atoms with van der Waals surface area (Å²) in [5, 5.41) is 0. The van der Waals surface area contributed by atoms with Crippen molar-refractivity contribution in [3.8, 4) is 11.5 Å². The van der Waals surface area contributed by atoms with E-state index in [1.54, 1.807) is 14.2 Å². The number of ether oxygens (including phenoxy) is 2. The molecule has 6 heteroatoms. The second-order valence-corrected chi connectivity index (χ2v) is 10.0. The molecule has 1 atom stereocenters. The minimum Gasteiger partial charge on any atom is -0.493 e. The number of thiazole rings is 1. The molecule has 0 N–H and O–H groups in total. The Morgan fingerprint density at radius 3 is 2.54 bits per heavy atom. The number of allylic oxidation sites excluding steroid dienone is 2. The molecule has 0 radical (unpaired) electrons. The molecule has 0 unspecified atom stereocenters. The number of aromatic nitrogens is 1. The van der Waals surface area contributed by atoms with E-state index >= 15 is 0 Å². The van der Waals surface area contributed by atoms with Gasteiger partial charge in [-0.15, -0.1) is 0 Å². The van der Waals surface area contributed by atoms with Crippen LogP contribution in [0.5, 0.6) is 11.5 Å². The van der Waals surface area contributed by atoms with Crippen LogP contribution in [0, 0.1) is 0 Å². The van der Waals surface area contributed by atoms with Crippen molar-refractivity contribution in [2.24, 2.45) is 4.99 Å². The molecule has 2 heterocycles. The van der Waals surface area contributed by atoms with Gasteiger partial charge in [0.05, 0.1) is 30.5 Å². The van der Waals surface area contributed by atoms with Crippen molar-refractivity contribution in [1.29, 1.82) is 0 Å². The van der Waals surface area contributed by atoms with E-state index in [1.165, 1.54) is 16.9 Å². The Hall–Kier alpha value is -4.16. The van der Waals surface area contributed by atoms with Crippen LogP contribution in [0.25, 0.3) is 17.8 Å². The third-order valence-corrected chi connectivity index (χ3v) is 7.93. The smallest absolute Gasteiger partial charge is 0.271 e. The summed E-state index contributed by atoms with van der Waals surface area (Å²) in [6, 6.07) is 24.1. The van der Waals surface area contributed by atoms with Crippen LogP contribution in [0.15, 0.2) is 94.2 Å². The Balaban J connectivity index is 1.55. The van der Waals surface area contributed by atoms with Gasteiger partial charge in [-0.25, -0.2) is 4.99 Å². The summed E-state index contributed by atoms with van der Waals surface area (Å²) in [5.41, 5.74) is 6.61. The molecule has 0 spiro atoms. The van der Waals surface area contributed by atoms with Gasteiger partial charge in [0.1, 0.15) is 0 Å². The standard InChI is InChI=1S/C31H26N2O3S/c1-35-25-18-16-22(19-26(25)36-2)29-24-17-15-21-12-6-7-13-23(21)28(24)32-31-33(29)30(34)27(37-31)14-8-11-20-9-4-3-5-10-20/h3-14,16,18-19,29H,15,17H2,1-2H3/b11-8+,27-14-/t29-/m0/s1. The second-order valence-electron chi connectivity index (χ2n) is 9.02. The largest absolute Gasteiger partial charge is 0.493 e. The van der Waals surface area contributed by atoms with Crippen molar-refractivity contribution in [1.82, 2.24) is 4.57 Å². The lowest BCUT2D eigenvalue weighted by atomic mass is 9.83. The molecule has 3 aromatic carbocycles. The molecule has 0 fully saturated rings. The first kappa shape index (κ1) is 23.3. The molecule has 1 aromatic heterocycles. The van der Waals surface area contributed by atoms with Crippen LogP contribution >= 0.6 is 11.3 Å². The fraction of sp³-hybridized carbons (Fsp3) is 0.161. The minimum absolute atomic E-state index is 0.0355. The van der Waals surface area contributed by atoms with Crippen LogP contribution in [0.1, 0.15) is 34.7 Å². The van der Waals surface area contributed by atoms with Crippen molar-refractivity contribution in [3.63, 3.8) is 0 Å². The molecule has 0 saturated carbocycles. The highest BCUT2D eigenvalue weighted by atomic mass is 32.1. The van der Waals surface area contributed by atoms with Crippen molar-refractivity contribution >= 4 is 29.2 Å². The van der Waals surface area contributed by atoms with E-state index in [0.29, 0.717) is 20.8 Å². The summed E-state index contributed by atoms with van der Waals surface area (Å²) >= 11 is 1.43. The molecule has 5 nitrogen and oxygen atoms in total. The van der Waals surface area contributed by atoms with Crippen molar-refractivity contribution < 1.29 is 9.47 Å². The fourth-order valence-corrected chi connectivity index (χ4v) is 6.12. The first-order valence-corrected chi connectivity index (χ1v) is 13.1. The zero-order valence-corrected chi connectivity index (χ0v) is 21.5. The molecule has 1 aliphatic heterocycles. The SMILES string of the molecule is COc1ccc([C@H]2C3=C(N=c4s/c(=C\C=C\c5ccccc5)c(=O)n42)c2ccccc2CC3)cc1OC. The number of nitrogens with zero attached hydrogens (tertiary/aromatic N) is 2. The number of benzene rings is 3. The van der Waals surface area contributed by atoms with Crippen LogP contribution in [0.3, 0.4) is 0 Å². The van der Waals surface area contributed by atoms with Gasteiger partial charge in [0, 0.05) is 5.56 Å². The minimum atomic E-state index is -0.264. The van der Waals surface area contributed by atoms with Gasteiger partial charge < -0.3 is 9.47 Å². The lowest BCUT2D eigenvalue weighted by Gasteiger charge is -2.31. The number of methoxy groups -OCH3 is 2. The lowest BCUT2D eigenvalue weighted by molar-refractivity contribution is 0.354. The van der Waals surface area contributed by atoms with E-state index in [2.05, 4.69) is 24.3 Å². The summed E-state index contributed by atoms with van der Waals surface area (Å²) in [6.07, 6.45) is 7.58. The third-order valence-electron chi connectivity index (χ3n) is 6.93. The summed E-state index contributed by atoms with van der Waals surface area (Å²) in [4.78, 5) is 19.6. The first-order chi connectivity index (χ1) is 18.2. The Morgan fingerprint density at radius 2 is 1.73 bits per heavy atom. The summed E-state index contributed by atoms with van der Waals surface area (Å²) < 4.78 is 13.6. The molecule has 0 saturated heterocycles. The average Bonchev–Trinajstić information content (AvgIpc) is 3.26. The van der Waals surface area contributed by atoms with E-state index in [1.807, 2.05) is 71.3 Å². The van der Waals surface area contributed by atoms with Gasteiger partial charge in [0.25, 0.3) is 5.56 Å². The predicted molar refractivity (Wildman–Crippen MR) is 149 cm³/mol. The quantitative estimate of drug-likeness (QED) is 0.383. The zero-order valence-electron chi connectivity index (χ0n) is 20.7. The summed E-state index contributed by atoms with van der Waals surface area (Å²) in [5.74, 6) is 1.30. The van der Waals surface area contributed by atoms with Crippen LogP contribution in [0.2, 0.25) is 0 Å². The van der Waals surface area contributed by atoms with Gasteiger partial charge in [-0.1, -0.05) is 84.2 Å². The highest BCUT2D eigenvalue weighted by Gasteiger charge is 2.33. The van der Waals surface area contributed by atoms with Crippen molar-refractivity contribution in [2.45, 2.75) is 18.9 Å². The number of rotatable bonds is 5. The number of fused-ring (bicyclic) bond motifs is 3. The van der Waals surface area contributed by atoms with Crippen LogP contribution in [-0.4, -0.2) is 18.8 Å². The molecule has 0 amide bonds. The zero-order chi connectivity index (χ0) is 25.4. The van der Waals surface area contributed by atoms with Gasteiger partial charge in [-0.3, -0.25) is 9.36 Å². The molecule has 1 aliphatic carbocycles. The van der Waals surface area contributed by atoms with Gasteiger partial charge in [0.15, 0.2) is 16.3 Å². The van der Waals surface area contributed by atoms with Gasteiger partial charge in [0.2, 0.25) is 0 Å². The number of hydrogen-bond acceptors (Lipinski definition) is 5. The van der Waals surface area contributed by atoms with Crippen LogP contribution < -0.4 is 24.4 Å². The first-order valence-electron chi connectivity index (χ1n) is 12.2. The maximum Gasteiger partial charge on any atom is 0.271 e. The monoisotopic (exact) mass is 506 g/mol. The Kier molecular flexibility index (Phi) is 6.10. The molecule has 0 bridgehead atoms. The second kappa shape index (κ2) is 9.71. The maximum atomic E-state index is 13.8. The average molecular weight is 507 g/mol. The third kappa shape index (κ3) is 4.13. The molecule has 184 valence electrons. The molecular formula is C31H26N2O3S. The van der Waals surface area contributed by atoms with E-state index in [-0.39, 0.29) is 11.6 Å². The normalized spacial score (nSPS) is 16.7. The lowest BCUT2D eigenvalue weighted by Crippen LogP contribution is -2.38. The van der Waals surface area contributed by atoms with Gasteiger partial charge in [-0.05, 0) is 53.3 Å². The molecule has 37 heavy (non-hydrogen) atoms. The maximum absolute atomic E-state index is 13.8. The number of aryl methyl sites for hydroxylation is 1. The summed E-state index contributed by atoms with van der Waals surface area (Å²) in [7, 11) is 3.26.